The van der Waals surface area contributed by atoms with E-state index in [1.807, 2.05) is 18.2 Å². The Morgan fingerprint density at radius 1 is 1.11 bits per heavy atom. The van der Waals surface area contributed by atoms with E-state index < -0.39 is 24.1 Å². The molecule has 0 spiro atoms. The van der Waals surface area contributed by atoms with Gasteiger partial charge >= 0.3 is 6.09 Å². The Morgan fingerprint density at radius 2 is 1.74 bits per heavy atom. The van der Waals surface area contributed by atoms with Crippen LogP contribution in [-0.4, -0.2) is 43.2 Å². The normalized spacial score (nSPS) is 12.8. The van der Waals surface area contributed by atoms with Gasteiger partial charge in [0.05, 0.1) is 14.2 Å². The number of carbonyl (C=O) groups is 1. The first kappa shape index (κ1) is 20.5. The van der Waals surface area contributed by atoms with E-state index in [0.717, 1.165) is 11.6 Å². The van der Waals surface area contributed by atoms with E-state index in [1.54, 1.807) is 12.1 Å². The molecule has 0 aromatic heterocycles. The Bertz CT molecular complexity index is 755. The van der Waals surface area contributed by atoms with Crippen molar-refractivity contribution in [1.29, 1.82) is 0 Å². The zero-order valence-corrected chi connectivity index (χ0v) is 15.0. The average Bonchev–Trinajstić information content (AvgIpc) is 2.70. The van der Waals surface area contributed by atoms with Gasteiger partial charge in [0.25, 0.3) is 0 Å². The Hall–Kier alpha value is -2.84. The van der Waals surface area contributed by atoms with Crippen LogP contribution in [0.2, 0.25) is 0 Å². The number of benzene rings is 2. The number of alkyl carbamates (subject to hydrolysis) is 1. The van der Waals surface area contributed by atoms with Gasteiger partial charge in [0.15, 0.2) is 11.5 Å². The molecular weight excluding hydrogens is 357 g/mol. The molecule has 0 saturated carbocycles. The maximum absolute atomic E-state index is 14.2. The molecule has 0 fully saturated rings. The van der Waals surface area contributed by atoms with E-state index in [0.29, 0.717) is 0 Å². The lowest BCUT2D eigenvalue weighted by molar-refractivity contribution is 0.0162. The molecule has 1 amide bonds. The van der Waals surface area contributed by atoms with Crippen LogP contribution in [0.5, 0.6) is 11.5 Å². The summed E-state index contributed by atoms with van der Waals surface area (Å²) in [5.41, 5.74) is 0.625. The molecule has 0 radical (unpaired) electrons. The molecule has 2 aromatic rings. The Balaban J connectivity index is 1.91. The van der Waals surface area contributed by atoms with Crippen LogP contribution in [-0.2, 0) is 11.3 Å². The summed E-state index contributed by atoms with van der Waals surface area (Å²) in [5, 5.41) is 22.6. The predicted octanol–water partition coefficient (Wildman–Crippen LogP) is 2.16. The van der Waals surface area contributed by atoms with Gasteiger partial charge in [0.1, 0.15) is 24.6 Å². The number of methoxy groups -OCH3 is 2. The van der Waals surface area contributed by atoms with Crippen LogP contribution in [0.4, 0.5) is 9.18 Å². The maximum atomic E-state index is 14.2. The smallest absolute Gasteiger partial charge is 0.407 e. The van der Waals surface area contributed by atoms with Crippen molar-refractivity contribution in [3.05, 3.63) is 59.4 Å². The molecule has 0 heterocycles. The zero-order valence-electron chi connectivity index (χ0n) is 15.0. The van der Waals surface area contributed by atoms with Crippen LogP contribution in [0.3, 0.4) is 0 Å². The van der Waals surface area contributed by atoms with Gasteiger partial charge in [-0.05, 0) is 11.6 Å². The van der Waals surface area contributed by atoms with Crippen LogP contribution in [0.1, 0.15) is 17.2 Å². The first-order valence-electron chi connectivity index (χ1n) is 8.18. The highest BCUT2D eigenvalue weighted by atomic mass is 19.1. The van der Waals surface area contributed by atoms with Crippen LogP contribution in [0.15, 0.2) is 42.5 Å². The number of hydrogen-bond acceptors (Lipinski definition) is 6. The molecule has 0 saturated heterocycles. The summed E-state index contributed by atoms with van der Waals surface area (Å²) >= 11 is 0. The molecule has 8 heteroatoms. The number of halogens is 1. The highest BCUT2D eigenvalue weighted by molar-refractivity contribution is 5.67. The molecule has 146 valence electrons. The molecule has 27 heavy (non-hydrogen) atoms. The van der Waals surface area contributed by atoms with Gasteiger partial charge in [-0.25, -0.2) is 9.18 Å². The van der Waals surface area contributed by atoms with E-state index in [-0.39, 0.29) is 30.2 Å². The number of amides is 1. The van der Waals surface area contributed by atoms with Crippen molar-refractivity contribution in [2.45, 2.75) is 18.8 Å². The van der Waals surface area contributed by atoms with Gasteiger partial charge in [-0.2, -0.15) is 0 Å². The standard InChI is InChI=1S/C19H22FNO6/c1-25-16-8-13(14(20)9-17(16)26-2)18(23)15(22)10-21-19(24)27-11-12-6-4-3-5-7-12/h3-9,15,18,22-23H,10-11H2,1-2H3,(H,21,24). The fourth-order valence-electron chi connectivity index (χ4n) is 2.38. The third kappa shape index (κ3) is 5.57. The van der Waals surface area contributed by atoms with Crippen molar-refractivity contribution in [2.24, 2.45) is 0 Å². The summed E-state index contributed by atoms with van der Waals surface area (Å²) < 4.78 is 29.2. The highest BCUT2D eigenvalue weighted by Crippen LogP contribution is 2.33. The predicted molar refractivity (Wildman–Crippen MR) is 95.1 cm³/mol. The average molecular weight is 379 g/mol. The van der Waals surface area contributed by atoms with Gasteiger partial charge in [0.2, 0.25) is 0 Å². The zero-order chi connectivity index (χ0) is 19.8. The van der Waals surface area contributed by atoms with E-state index in [4.69, 9.17) is 14.2 Å². The number of nitrogens with one attached hydrogen (secondary N) is 1. The fourth-order valence-corrected chi connectivity index (χ4v) is 2.38. The number of ether oxygens (including phenoxy) is 3. The topological polar surface area (TPSA) is 97.2 Å². The summed E-state index contributed by atoms with van der Waals surface area (Å²) in [6.45, 7) is -0.266. The van der Waals surface area contributed by atoms with Crippen molar-refractivity contribution in [3.8, 4) is 11.5 Å². The molecule has 0 aliphatic rings. The second-order valence-corrected chi connectivity index (χ2v) is 5.68. The second-order valence-electron chi connectivity index (χ2n) is 5.68. The monoisotopic (exact) mass is 379 g/mol. The minimum Gasteiger partial charge on any atom is -0.493 e. The van der Waals surface area contributed by atoms with Crippen LogP contribution in [0, 0.1) is 5.82 Å². The second kappa shape index (κ2) is 9.75. The van der Waals surface area contributed by atoms with Gasteiger partial charge in [0, 0.05) is 18.2 Å². The minimum absolute atomic E-state index is 0.0651. The van der Waals surface area contributed by atoms with Crippen LogP contribution >= 0.6 is 0 Å². The maximum Gasteiger partial charge on any atom is 0.407 e. The number of hydrogen-bond donors (Lipinski definition) is 3. The van der Waals surface area contributed by atoms with Gasteiger partial charge in [-0.15, -0.1) is 0 Å². The third-order valence-electron chi connectivity index (χ3n) is 3.85. The molecule has 2 unspecified atom stereocenters. The number of aliphatic hydroxyl groups is 2. The van der Waals surface area contributed by atoms with Crippen molar-refractivity contribution in [2.75, 3.05) is 20.8 Å². The number of rotatable bonds is 8. The van der Waals surface area contributed by atoms with E-state index in [2.05, 4.69) is 5.32 Å². The van der Waals surface area contributed by atoms with Gasteiger partial charge in [-0.3, -0.25) is 0 Å². The van der Waals surface area contributed by atoms with Gasteiger partial charge < -0.3 is 29.7 Å². The van der Waals surface area contributed by atoms with E-state index in [9.17, 15) is 19.4 Å². The molecule has 0 aliphatic carbocycles. The Morgan fingerprint density at radius 3 is 2.37 bits per heavy atom. The lowest BCUT2D eigenvalue weighted by Gasteiger charge is -2.20. The summed E-state index contributed by atoms with van der Waals surface area (Å²) in [6, 6.07) is 11.3. The highest BCUT2D eigenvalue weighted by Gasteiger charge is 2.24. The fraction of sp³-hybridized carbons (Fsp3) is 0.316. The lowest BCUT2D eigenvalue weighted by Crippen LogP contribution is -2.36. The van der Waals surface area contributed by atoms with Crippen LogP contribution in [0.25, 0.3) is 0 Å². The molecule has 3 N–H and O–H groups in total. The van der Waals surface area contributed by atoms with Crippen molar-refractivity contribution in [1.82, 2.24) is 5.32 Å². The summed E-state index contributed by atoms with van der Waals surface area (Å²) in [7, 11) is 2.72. The van der Waals surface area contributed by atoms with E-state index in [1.165, 1.54) is 20.3 Å². The van der Waals surface area contributed by atoms with E-state index >= 15 is 0 Å². The first-order chi connectivity index (χ1) is 13.0. The lowest BCUT2D eigenvalue weighted by atomic mass is 10.0. The molecule has 7 nitrogen and oxygen atoms in total. The van der Waals surface area contributed by atoms with Crippen LogP contribution < -0.4 is 14.8 Å². The molecule has 0 bridgehead atoms. The van der Waals surface area contributed by atoms with Crippen molar-refractivity contribution in [3.63, 3.8) is 0 Å². The number of aliphatic hydroxyl groups excluding tert-OH is 2. The van der Waals surface area contributed by atoms with Crippen molar-refractivity contribution < 1.29 is 33.6 Å². The first-order valence-corrected chi connectivity index (χ1v) is 8.18. The Kier molecular flexibility index (Phi) is 7.39. The summed E-state index contributed by atoms with van der Waals surface area (Å²) in [6.07, 6.45) is -3.81. The number of carbonyl (C=O) groups excluding carboxylic acids is 1. The molecule has 2 rings (SSSR count). The largest absolute Gasteiger partial charge is 0.493 e. The third-order valence-corrected chi connectivity index (χ3v) is 3.85. The quantitative estimate of drug-likeness (QED) is 0.650. The molecule has 2 atom stereocenters. The summed E-state index contributed by atoms with van der Waals surface area (Å²) in [5.74, 6) is -0.413. The minimum atomic E-state index is -1.58. The summed E-state index contributed by atoms with van der Waals surface area (Å²) in [4.78, 5) is 11.7. The van der Waals surface area contributed by atoms with Gasteiger partial charge in [-0.1, -0.05) is 30.3 Å². The van der Waals surface area contributed by atoms with Crippen molar-refractivity contribution >= 4 is 6.09 Å². The molecular formula is C19H22FNO6. The SMILES string of the molecule is COc1cc(F)c(C(O)C(O)CNC(=O)OCc2ccccc2)cc1OC. The Labute approximate surface area is 156 Å². The molecule has 2 aromatic carbocycles. The molecule has 0 aliphatic heterocycles.